The van der Waals surface area contributed by atoms with E-state index in [-0.39, 0.29) is 11.6 Å². The molecule has 0 unspecified atom stereocenters. The van der Waals surface area contributed by atoms with E-state index < -0.39 is 24.0 Å². The molecule has 0 amide bonds. The van der Waals surface area contributed by atoms with Crippen molar-refractivity contribution in [2.75, 3.05) is 0 Å². The molecular weight excluding hydrogens is 743 g/mol. The van der Waals surface area contributed by atoms with Gasteiger partial charge in [-0.05, 0) is 49.2 Å². The molecular formula is C48H36Cl2O4S. The lowest BCUT2D eigenvalue weighted by Gasteiger charge is -2.23. The predicted molar refractivity (Wildman–Crippen MR) is 223 cm³/mol. The van der Waals surface area contributed by atoms with Crippen molar-refractivity contribution in [3.63, 3.8) is 0 Å². The topological polar surface area (TPSA) is 52.6 Å². The summed E-state index contributed by atoms with van der Waals surface area (Å²) in [7, 11) is 0. The minimum absolute atomic E-state index is 0.134. The van der Waals surface area contributed by atoms with Crippen LogP contribution in [0.2, 0.25) is 10.0 Å². The van der Waals surface area contributed by atoms with Gasteiger partial charge in [-0.1, -0.05) is 180 Å². The van der Waals surface area contributed by atoms with Crippen LogP contribution in [0, 0.1) is 13.8 Å². The second-order valence-electron chi connectivity index (χ2n) is 13.8. The van der Waals surface area contributed by atoms with Gasteiger partial charge in [0.2, 0.25) is 11.6 Å². The summed E-state index contributed by atoms with van der Waals surface area (Å²) in [5.74, 6) is -0.114. The minimum Gasteiger partial charge on any atom is -0.480 e. The summed E-state index contributed by atoms with van der Waals surface area (Å²) in [6.45, 7) is 3.99. The molecule has 0 spiro atoms. The maximum absolute atomic E-state index is 14.6. The second kappa shape index (κ2) is 15.8. The highest BCUT2D eigenvalue weighted by atomic mass is 35.5. The number of rotatable bonds is 10. The van der Waals surface area contributed by atoms with Gasteiger partial charge in [-0.15, -0.1) is 0 Å². The first-order chi connectivity index (χ1) is 26.7. The zero-order chi connectivity index (χ0) is 38.1. The molecule has 8 rings (SSSR count). The van der Waals surface area contributed by atoms with E-state index in [2.05, 4.69) is 0 Å². The third kappa shape index (κ3) is 7.53. The molecule has 0 saturated heterocycles. The standard InChI is InChI=1S/C48H36Cl2O4S/c1-29-13-17-33(18-14-29)41(51)45-39(31-21-25-37(49)26-22-31)47(43(53-45)35-9-5-3-6-10-35)55-48-40(32-23-27-38(50)28-24-32)46(42(52)34-19-15-30(2)16-20-34)54-44(48)36-11-7-4-8-12-36/h3-28,39-40,45-46H,1-2H3/t39-,40-,45+,46+/m1/s1. The molecule has 272 valence electrons. The van der Waals surface area contributed by atoms with Crippen molar-refractivity contribution in [1.82, 2.24) is 0 Å². The monoisotopic (exact) mass is 778 g/mol. The molecule has 0 aliphatic carbocycles. The van der Waals surface area contributed by atoms with E-state index in [0.29, 0.717) is 32.7 Å². The highest BCUT2D eigenvalue weighted by molar-refractivity contribution is 8.07. The Hall–Kier alpha value is -5.33. The van der Waals surface area contributed by atoms with Crippen LogP contribution in [0.1, 0.15) is 65.9 Å². The molecule has 0 saturated carbocycles. The number of halogens is 2. The molecule has 2 aliphatic heterocycles. The number of thioether (sulfide) groups is 1. The van der Waals surface area contributed by atoms with Crippen molar-refractivity contribution in [2.24, 2.45) is 0 Å². The Bertz CT molecular complexity index is 2230. The van der Waals surface area contributed by atoms with E-state index in [1.54, 1.807) is 0 Å². The number of hydrogen-bond donors (Lipinski definition) is 0. The van der Waals surface area contributed by atoms with Gasteiger partial charge >= 0.3 is 0 Å². The molecule has 0 fully saturated rings. The smallest absolute Gasteiger partial charge is 0.204 e. The Morgan fingerprint density at radius 1 is 0.473 bits per heavy atom. The summed E-state index contributed by atoms with van der Waals surface area (Å²) in [5.41, 5.74) is 6.65. The first kappa shape index (κ1) is 36.6. The Morgan fingerprint density at radius 3 is 1.16 bits per heavy atom. The van der Waals surface area contributed by atoms with Crippen LogP contribution in [0.25, 0.3) is 11.5 Å². The van der Waals surface area contributed by atoms with Crippen LogP contribution in [-0.4, -0.2) is 23.8 Å². The highest BCUT2D eigenvalue weighted by Gasteiger charge is 2.48. The first-order valence-corrected chi connectivity index (χ1v) is 19.7. The summed E-state index contributed by atoms with van der Waals surface area (Å²) in [6.07, 6.45) is -1.77. The third-order valence-corrected chi connectivity index (χ3v) is 11.9. The van der Waals surface area contributed by atoms with E-state index in [1.165, 1.54) is 11.8 Å². The van der Waals surface area contributed by atoms with Crippen molar-refractivity contribution in [2.45, 2.75) is 37.9 Å². The molecule has 0 aromatic heterocycles. The van der Waals surface area contributed by atoms with E-state index >= 15 is 0 Å². The van der Waals surface area contributed by atoms with Crippen LogP contribution in [-0.2, 0) is 9.47 Å². The fourth-order valence-electron chi connectivity index (χ4n) is 7.17. The lowest BCUT2D eigenvalue weighted by molar-refractivity contribution is 0.0750. The molecule has 55 heavy (non-hydrogen) atoms. The molecule has 7 heteroatoms. The SMILES string of the molecule is Cc1ccc(C(=O)[C@H]2OC(c3ccccc3)=C(SC3=C(c4ccccc4)O[C@H](C(=O)c4ccc(C)cc4)[C@H]3c3ccc(Cl)cc3)[C@@H]2c2ccc(Cl)cc2)cc1. The van der Waals surface area contributed by atoms with Crippen LogP contribution in [0.5, 0.6) is 0 Å². The largest absolute Gasteiger partial charge is 0.480 e. The van der Waals surface area contributed by atoms with Gasteiger partial charge in [0.25, 0.3) is 0 Å². The molecule has 4 nitrogen and oxygen atoms in total. The van der Waals surface area contributed by atoms with Crippen molar-refractivity contribution in [3.8, 4) is 0 Å². The number of carbonyl (C=O) groups excluding carboxylic acids is 2. The lowest BCUT2D eigenvalue weighted by Crippen LogP contribution is -2.28. The molecule has 0 N–H and O–H groups in total. The van der Waals surface area contributed by atoms with Crippen molar-refractivity contribution < 1.29 is 19.1 Å². The first-order valence-electron chi connectivity index (χ1n) is 18.1. The summed E-state index contributed by atoms with van der Waals surface area (Å²) in [5, 5.41) is 1.17. The van der Waals surface area contributed by atoms with E-state index in [9.17, 15) is 9.59 Å². The molecule has 2 heterocycles. The van der Waals surface area contributed by atoms with Gasteiger partial charge in [0.15, 0.2) is 12.2 Å². The van der Waals surface area contributed by atoms with Crippen molar-refractivity contribution in [3.05, 3.63) is 222 Å². The van der Waals surface area contributed by atoms with E-state index in [1.807, 2.05) is 172 Å². The van der Waals surface area contributed by atoms with Crippen molar-refractivity contribution in [1.29, 1.82) is 0 Å². The zero-order valence-electron chi connectivity index (χ0n) is 30.1. The Balaban J connectivity index is 1.34. The Kier molecular flexibility index (Phi) is 10.5. The van der Waals surface area contributed by atoms with Gasteiger partial charge in [0.05, 0.1) is 11.8 Å². The second-order valence-corrected chi connectivity index (χ2v) is 15.8. The number of Topliss-reactive ketones (excluding diaryl/α,β-unsaturated/α-hetero) is 2. The molecule has 0 bridgehead atoms. The fourth-order valence-corrected chi connectivity index (χ4v) is 8.95. The average Bonchev–Trinajstić information content (AvgIpc) is 3.78. The number of aryl methyl sites for hydroxylation is 2. The highest BCUT2D eigenvalue weighted by Crippen LogP contribution is 2.58. The van der Waals surface area contributed by atoms with Gasteiger partial charge in [-0.3, -0.25) is 9.59 Å². The Labute approximate surface area is 335 Å². The van der Waals surface area contributed by atoms with Gasteiger partial charge in [-0.25, -0.2) is 0 Å². The van der Waals surface area contributed by atoms with E-state index in [4.69, 9.17) is 32.7 Å². The molecule has 6 aromatic carbocycles. The van der Waals surface area contributed by atoms with Crippen LogP contribution < -0.4 is 0 Å². The molecule has 4 atom stereocenters. The number of carbonyl (C=O) groups is 2. The number of ketones is 2. The van der Waals surface area contributed by atoms with Crippen LogP contribution in [0.4, 0.5) is 0 Å². The van der Waals surface area contributed by atoms with Gasteiger partial charge in [0.1, 0.15) is 11.5 Å². The maximum Gasteiger partial charge on any atom is 0.204 e. The average molecular weight is 780 g/mol. The van der Waals surface area contributed by atoms with Crippen molar-refractivity contribution >= 4 is 58.0 Å². The van der Waals surface area contributed by atoms with Gasteiger partial charge in [-0.2, -0.15) is 0 Å². The minimum atomic E-state index is -0.886. The predicted octanol–water partition coefficient (Wildman–Crippen LogP) is 12.5. The maximum atomic E-state index is 14.6. The van der Waals surface area contributed by atoms with Gasteiger partial charge < -0.3 is 9.47 Å². The summed E-state index contributed by atoms with van der Waals surface area (Å²) in [6, 6.07) is 50.1. The Morgan fingerprint density at radius 2 is 0.818 bits per heavy atom. The number of hydrogen-bond acceptors (Lipinski definition) is 5. The number of benzene rings is 6. The normalized spacial score (nSPS) is 19.3. The fraction of sp³-hybridized carbons (Fsp3) is 0.125. The zero-order valence-corrected chi connectivity index (χ0v) is 32.4. The summed E-state index contributed by atoms with van der Waals surface area (Å²) in [4.78, 5) is 30.9. The summed E-state index contributed by atoms with van der Waals surface area (Å²) >= 11 is 14.4. The van der Waals surface area contributed by atoms with Crippen LogP contribution >= 0.6 is 35.0 Å². The van der Waals surface area contributed by atoms with Gasteiger partial charge in [0, 0.05) is 42.1 Å². The molecule has 2 aliphatic rings. The van der Waals surface area contributed by atoms with Crippen LogP contribution in [0.3, 0.4) is 0 Å². The third-order valence-electron chi connectivity index (χ3n) is 10.0. The molecule has 0 radical (unpaired) electrons. The molecule has 6 aromatic rings. The lowest BCUT2D eigenvalue weighted by atomic mass is 9.88. The number of ether oxygens (including phenoxy) is 2. The van der Waals surface area contributed by atoms with Crippen LogP contribution in [0.15, 0.2) is 168 Å². The quantitative estimate of drug-likeness (QED) is 0.130. The van der Waals surface area contributed by atoms with E-state index in [0.717, 1.165) is 43.2 Å². The summed E-state index contributed by atoms with van der Waals surface area (Å²) < 4.78 is 13.8.